The number of hydrogen-bond donors (Lipinski definition) is 2. The van der Waals surface area contributed by atoms with Gasteiger partial charge >= 0.3 is 0 Å². The Bertz CT molecular complexity index is 309. The first kappa shape index (κ1) is 16.8. The number of nitrogens with one attached hydrogen (secondary N) is 1. The Labute approximate surface area is 113 Å². The zero-order valence-corrected chi connectivity index (χ0v) is 12.0. The smallest absolute Gasteiger partial charge is 0.233 e. The van der Waals surface area contributed by atoms with E-state index >= 15 is 0 Å². The number of nitrogens with two attached hydrogens (primary N) is 1. The molecule has 0 aromatic rings. The van der Waals surface area contributed by atoms with E-state index in [0.717, 1.165) is 0 Å². The SMILES string of the molecule is CNC(=O)CN(C)CCC(=O)N(C)CCC(N)=S. The molecule has 0 rings (SSSR count). The molecule has 18 heavy (non-hydrogen) atoms. The van der Waals surface area contributed by atoms with Crippen LogP contribution in [0.2, 0.25) is 0 Å². The van der Waals surface area contributed by atoms with Crippen LogP contribution < -0.4 is 11.1 Å². The van der Waals surface area contributed by atoms with Crippen LogP contribution in [0, 0.1) is 0 Å². The first-order chi connectivity index (χ1) is 8.36. The number of hydrogen-bond acceptors (Lipinski definition) is 4. The minimum absolute atomic E-state index is 0.0232. The highest BCUT2D eigenvalue weighted by atomic mass is 32.1. The molecular formula is C11H22N4O2S. The van der Waals surface area contributed by atoms with Gasteiger partial charge in [0, 0.05) is 40.0 Å². The van der Waals surface area contributed by atoms with Crippen molar-refractivity contribution in [2.75, 3.05) is 40.8 Å². The molecule has 0 unspecified atom stereocenters. The van der Waals surface area contributed by atoms with Gasteiger partial charge in [-0.15, -0.1) is 0 Å². The van der Waals surface area contributed by atoms with Crippen molar-refractivity contribution < 1.29 is 9.59 Å². The highest BCUT2D eigenvalue weighted by Crippen LogP contribution is 1.95. The Kier molecular flexibility index (Phi) is 8.23. The molecule has 0 aliphatic carbocycles. The van der Waals surface area contributed by atoms with Crippen molar-refractivity contribution >= 4 is 29.0 Å². The van der Waals surface area contributed by atoms with Crippen LogP contribution in [-0.2, 0) is 9.59 Å². The lowest BCUT2D eigenvalue weighted by atomic mass is 10.3. The van der Waals surface area contributed by atoms with Crippen molar-refractivity contribution in [3.05, 3.63) is 0 Å². The van der Waals surface area contributed by atoms with Gasteiger partial charge in [0.25, 0.3) is 0 Å². The minimum Gasteiger partial charge on any atom is -0.393 e. The van der Waals surface area contributed by atoms with Crippen molar-refractivity contribution in [2.45, 2.75) is 12.8 Å². The summed E-state index contributed by atoms with van der Waals surface area (Å²) >= 11 is 4.75. The Morgan fingerprint density at radius 1 is 1.22 bits per heavy atom. The third kappa shape index (κ3) is 7.97. The van der Waals surface area contributed by atoms with Gasteiger partial charge in [-0.3, -0.25) is 14.5 Å². The number of likely N-dealkylation sites (N-methyl/N-ethyl adjacent to an activating group) is 2. The summed E-state index contributed by atoms with van der Waals surface area (Å²) in [4.78, 5) is 26.6. The first-order valence-corrected chi connectivity index (χ1v) is 6.19. The van der Waals surface area contributed by atoms with E-state index in [0.29, 0.717) is 37.5 Å². The summed E-state index contributed by atoms with van der Waals surface area (Å²) < 4.78 is 0. The fourth-order valence-electron chi connectivity index (χ4n) is 1.28. The standard InChI is InChI=1S/C11H22N4O2S/c1-13-10(16)8-14(2)6-5-11(17)15(3)7-4-9(12)18/h4-8H2,1-3H3,(H2,12,18)(H,13,16). The van der Waals surface area contributed by atoms with E-state index in [1.54, 1.807) is 30.9 Å². The highest BCUT2D eigenvalue weighted by molar-refractivity contribution is 7.80. The molecule has 7 heteroatoms. The van der Waals surface area contributed by atoms with Crippen molar-refractivity contribution in [1.29, 1.82) is 0 Å². The van der Waals surface area contributed by atoms with Crippen LogP contribution >= 0.6 is 12.2 Å². The van der Waals surface area contributed by atoms with Crippen molar-refractivity contribution in [3.63, 3.8) is 0 Å². The molecule has 0 atom stereocenters. The lowest BCUT2D eigenvalue weighted by Gasteiger charge is -2.19. The van der Waals surface area contributed by atoms with Crippen molar-refractivity contribution in [2.24, 2.45) is 5.73 Å². The molecule has 0 spiro atoms. The lowest BCUT2D eigenvalue weighted by Crippen LogP contribution is -2.36. The molecule has 0 saturated carbocycles. The Morgan fingerprint density at radius 3 is 2.33 bits per heavy atom. The second-order valence-electron chi connectivity index (χ2n) is 4.19. The molecular weight excluding hydrogens is 252 g/mol. The zero-order valence-electron chi connectivity index (χ0n) is 11.2. The number of carbonyl (C=O) groups excluding carboxylic acids is 2. The predicted octanol–water partition coefficient (Wildman–Crippen LogP) is -0.811. The summed E-state index contributed by atoms with van der Waals surface area (Å²) in [5.74, 6) is -0.0400. The summed E-state index contributed by atoms with van der Waals surface area (Å²) in [6, 6.07) is 0. The van der Waals surface area contributed by atoms with Gasteiger partial charge < -0.3 is 16.0 Å². The van der Waals surface area contributed by atoms with Crippen LogP contribution in [0.25, 0.3) is 0 Å². The Morgan fingerprint density at radius 2 is 1.83 bits per heavy atom. The molecule has 0 aromatic heterocycles. The zero-order chi connectivity index (χ0) is 14.1. The molecule has 0 aromatic carbocycles. The van der Waals surface area contributed by atoms with Gasteiger partial charge in [0.15, 0.2) is 0 Å². The molecule has 3 N–H and O–H groups in total. The Balaban J connectivity index is 3.87. The van der Waals surface area contributed by atoms with Gasteiger partial charge in [-0.25, -0.2) is 0 Å². The molecule has 0 radical (unpaired) electrons. The predicted molar refractivity (Wildman–Crippen MR) is 75.2 cm³/mol. The third-order valence-corrected chi connectivity index (χ3v) is 2.72. The average molecular weight is 274 g/mol. The molecule has 0 aliphatic heterocycles. The monoisotopic (exact) mass is 274 g/mol. The second-order valence-corrected chi connectivity index (χ2v) is 4.72. The van der Waals surface area contributed by atoms with Crippen LogP contribution in [0.3, 0.4) is 0 Å². The molecule has 0 fully saturated rings. The summed E-state index contributed by atoms with van der Waals surface area (Å²) in [6.45, 7) is 1.37. The topological polar surface area (TPSA) is 78.7 Å². The van der Waals surface area contributed by atoms with E-state index in [-0.39, 0.29) is 11.8 Å². The van der Waals surface area contributed by atoms with Crippen LogP contribution in [0.15, 0.2) is 0 Å². The second kappa shape index (κ2) is 8.82. The molecule has 0 saturated heterocycles. The quantitative estimate of drug-likeness (QED) is 0.566. The van der Waals surface area contributed by atoms with Crippen LogP contribution in [0.1, 0.15) is 12.8 Å². The van der Waals surface area contributed by atoms with Gasteiger partial charge in [-0.1, -0.05) is 12.2 Å². The summed E-state index contributed by atoms with van der Waals surface area (Å²) in [5.41, 5.74) is 5.37. The van der Waals surface area contributed by atoms with Gasteiger partial charge in [-0.2, -0.15) is 0 Å². The molecule has 0 aliphatic rings. The highest BCUT2D eigenvalue weighted by Gasteiger charge is 2.11. The van der Waals surface area contributed by atoms with E-state index in [1.807, 2.05) is 0 Å². The summed E-state index contributed by atoms with van der Waals surface area (Å²) in [6.07, 6.45) is 0.910. The van der Waals surface area contributed by atoms with E-state index in [9.17, 15) is 9.59 Å². The first-order valence-electron chi connectivity index (χ1n) is 5.78. The minimum atomic E-state index is -0.0632. The van der Waals surface area contributed by atoms with Crippen LogP contribution in [0.4, 0.5) is 0 Å². The molecule has 104 valence electrons. The fraction of sp³-hybridized carbons (Fsp3) is 0.727. The average Bonchev–Trinajstić information content (AvgIpc) is 2.32. The van der Waals surface area contributed by atoms with Crippen molar-refractivity contribution in [1.82, 2.24) is 15.1 Å². The maximum absolute atomic E-state index is 11.7. The number of carbonyl (C=O) groups is 2. The lowest BCUT2D eigenvalue weighted by molar-refractivity contribution is -0.130. The molecule has 0 bridgehead atoms. The van der Waals surface area contributed by atoms with E-state index in [2.05, 4.69) is 5.32 Å². The number of nitrogens with zero attached hydrogens (tertiary/aromatic N) is 2. The largest absolute Gasteiger partial charge is 0.393 e. The molecule has 0 heterocycles. The summed E-state index contributed by atoms with van der Waals surface area (Å²) in [5, 5.41) is 2.53. The molecule has 2 amide bonds. The number of thiocarbonyl (C=S) groups is 1. The third-order valence-electron chi connectivity index (χ3n) is 2.52. The van der Waals surface area contributed by atoms with Crippen LogP contribution in [0.5, 0.6) is 0 Å². The number of rotatable bonds is 8. The Hall–Kier alpha value is -1.21. The van der Waals surface area contributed by atoms with Gasteiger partial charge in [0.05, 0.1) is 11.5 Å². The van der Waals surface area contributed by atoms with E-state index in [1.165, 1.54) is 0 Å². The van der Waals surface area contributed by atoms with Gasteiger partial charge in [0.2, 0.25) is 11.8 Å². The van der Waals surface area contributed by atoms with Gasteiger partial charge in [0.1, 0.15) is 0 Å². The molecule has 6 nitrogen and oxygen atoms in total. The van der Waals surface area contributed by atoms with Crippen LogP contribution in [-0.4, -0.2) is 67.4 Å². The van der Waals surface area contributed by atoms with Crippen molar-refractivity contribution in [3.8, 4) is 0 Å². The number of amides is 2. The summed E-state index contributed by atoms with van der Waals surface area (Å²) in [7, 11) is 5.11. The van der Waals surface area contributed by atoms with Gasteiger partial charge in [-0.05, 0) is 7.05 Å². The normalized spacial score (nSPS) is 10.2. The fourth-order valence-corrected chi connectivity index (χ4v) is 1.37. The van der Waals surface area contributed by atoms with E-state index in [4.69, 9.17) is 18.0 Å². The maximum Gasteiger partial charge on any atom is 0.233 e. The maximum atomic E-state index is 11.7. The van der Waals surface area contributed by atoms with E-state index < -0.39 is 0 Å².